The van der Waals surface area contributed by atoms with Crippen LogP contribution in [0.5, 0.6) is 5.95 Å². The van der Waals surface area contributed by atoms with Crippen molar-refractivity contribution < 1.29 is 18.7 Å². The molecule has 1 N–H and O–H groups in total. The molecule has 0 radical (unpaired) electrons. The Morgan fingerprint density at radius 1 is 1.23 bits per heavy atom. The minimum Gasteiger partial charge on any atom is -0.468 e. The third kappa shape index (κ3) is 4.20. The molecule has 3 aromatic rings. The fourth-order valence-electron chi connectivity index (χ4n) is 3.50. The first-order valence-corrected chi connectivity index (χ1v) is 10.5. The van der Waals surface area contributed by atoms with Gasteiger partial charge in [0, 0.05) is 23.9 Å². The molecule has 0 spiro atoms. The van der Waals surface area contributed by atoms with Crippen LogP contribution in [-0.4, -0.2) is 46.6 Å². The van der Waals surface area contributed by atoms with Crippen LogP contribution >= 0.6 is 11.3 Å². The van der Waals surface area contributed by atoms with Gasteiger partial charge in [-0.15, -0.1) is 10.2 Å². The van der Waals surface area contributed by atoms with Crippen LogP contribution in [-0.2, 0) is 4.79 Å². The number of aromatic nitrogens is 2. The molecule has 4 rings (SSSR count). The lowest BCUT2D eigenvalue weighted by molar-refractivity contribution is -0.121. The van der Waals surface area contributed by atoms with Crippen LogP contribution < -0.4 is 10.1 Å². The lowest BCUT2D eigenvalue weighted by Crippen LogP contribution is -2.49. The fourth-order valence-corrected chi connectivity index (χ4v) is 4.19. The molecule has 0 unspecified atom stereocenters. The minimum absolute atomic E-state index is 0.167. The molecule has 30 heavy (non-hydrogen) atoms. The number of ether oxygens (including phenoxy) is 1. The van der Waals surface area contributed by atoms with Gasteiger partial charge in [0.15, 0.2) is 5.76 Å². The van der Waals surface area contributed by atoms with E-state index in [1.807, 2.05) is 31.2 Å². The number of likely N-dealkylation sites (tertiary alicyclic amines) is 1. The third-order valence-corrected chi connectivity index (χ3v) is 5.85. The first-order chi connectivity index (χ1) is 14.5. The molecule has 1 aromatic carbocycles. The number of carbonyl (C=O) groups excluding carboxylic acids is 2. The van der Waals surface area contributed by atoms with E-state index in [9.17, 15) is 9.59 Å². The van der Waals surface area contributed by atoms with Crippen LogP contribution in [0.3, 0.4) is 0 Å². The van der Waals surface area contributed by atoms with Crippen molar-refractivity contribution in [2.45, 2.75) is 32.2 Å². The van der Waals surface area contributed by atoms with E-state index in [1.165, 1.54) is 18.4 Å². The number of furan rings is 1. The van der Waals surface area contributed by atoms with Gasteiger partial charge in [-0.25, -0.2) is 0 Å². The summed E-state index contributed by atoms with van der Waals surface area (Å²) in [5.74, 6) is -0.0938. The van der Waals surface area contributed by atoms with Gasteiger partial charge in [0.25, 0.3) is 11.9 Å². The van der Waals surface area contributed by atoms with Gasteiger partial charge in [0.2, 0.25) is 5.91 Å². The van der Waals surface area contributed by atoms with Gasteiger partial charge in [-0.05, 0) is 44.4 Å². The molecule has 1 aliphatic rings. The second-order valence-corrected chi connectivity index (χ2v) is 8.21. The van der Waals surface area contributed by atoms with Crippen LogP contribution in [0.25, 0.3) is 10.6 Å². The summed E-state index contributed by atoms with van der Waals surface area (Å²) in [6.07, 6.45) is 2.33. The van der Waals surface area contributed by atoms with Crippen molar-refractivity contribution in [3.05, 3.63) is 47.2 Å². The lowest BCUT2D eigenvalue weighted by Gasteiger charge is -2.34. The van der Waals surface area contributed by atoms with Gasteiger partial charge < -0.3 is 19.4 Å². The topological polar surface area (TPSA) is 97.6 Å². The Labute approximate surface area is 177 Å². The van der Waals surface area contributed by atoms with Crippen LogP contribution in [0.2, 0.25) is 0 Å². The van der Waals surface area contributed by atoms with Crippen molar-refractivity contribution in [2.24, 2.45) is 0 Å². The molecule has 1 saturated heterocycles. The average molecular weight is 426 g/mol. The van der Waals surface area contributed by atoms with E-state index in [0.29, 0.717) is 18.7 Å². The Bertz CT molecular complexity index is 1060. The van der Waals surface area contributed by atoms with Gasteiger partial charge in [0.05, 0.1) is 7.11 Å². The summed E-state index contributed by atoms with van der Waals surface area (Å²) >= 11 is 1.49. The second kappa shape index (κ2) is 8.66. The number of aryl methyl sites for hydroxylation is 1. The second-order valence-electron chi connectivity index (χ2n) is 7.03. The van der Waals surface area contributed by atoms with Crippen LogP contribution in [0, 0.1) is 6.92 Å². The average Bonchev–Trinajstić information content (AvgIpc) is 3.42. The number of amides is 2. The summed E-state index contributed by atoms with van der Waals surface area (Å²) in [4.78, 5) is 27.5. The standard InChI is InChI=1S/C21H22N4O4S/c1-13-23-24-20(30-13)14-6-5-7-15(12-14)22-19(26)16-8-3-4-11-25(16)21(27)17-9-10-18(28-2)29-17/h5-7,9-10,12,16H,3-4,8,11H2,1-2H3,(H,22,26)/t16-/m0/s1. The summed E-state index contributed by atoms with van der Waals surface area (Å²) in [5, 5.41) is 12.8. The quantitative estimate of drug-likeness (QED) is 0.667. The molecule has 1 fully saturated rings. The smallest absolute Gasteiger partial charge is 0.290 e. The van der Waals surface area contributed by atoms with Gasteiger partial charge in [-0.3, -0.25) is 9.59 Å². The number of methoxy groups -OCH3 is 1. The monoisotopic (exact) mass is 426 g/mol. The molecule has 2 amide bonds. The van der Waals surface area contributed by atoms with E-state index in [0.717, 1.165) is 28.4 Å². The van der Waals surface area contributed by atoms with Gasteiger partial charge in [0.1, 0.15) is 16.1 Å². The van der Waals surface area contributed by atoms with E-state index in [4.69, 9.17) is 9.15 Å². The molecule has 1 atom stereocenters. The lowest BCUT2D eigenvalue weighted by atomic mass is 10.0. The van der Waals surface area contributed by atoms with Crippen LogP contribution in [0.15, 0.2) is 40.8 Å². The number of nitrogens with one attached hydrogen (secondary N) is 1. The maximum atomic E-state index is 13.0. The molecule has 1 aliphatic heterocycles. The van der Waals surface area contributed by atoms with Crippen molar-refractivity contribution in [3.63, 3.8) is 0 Å². The molecule has 8 nitrogen and oxygen atoms in total. The minimum atomic E-state index is -0.560. The molecule has 0 aliphatic carbocycles. The van der Waals surface area contributed by atoms with E-state index in [2.05, 4.69) is 15.5 Å². The Balaban J connectivity index is 1.50. The van der Waals surface area contributed by atoms with Crippen molar-refractivity contribution in [1.82, 2.24) is 15.1 Å². The first-order valence-electron chi connectivity index (χ1n) is 9.71. The predicted octanol–water partition coefficient (Wildman–Crippen LogP) is 3.75. The zero-order valence-electron chi connectivity index (χ0n) is 16.8. The van der Waals surface area contributed by atoms with Gasteiger partial charge in [-0.2, -0.15) is 0 Å². The van der Waals surface area contributed by atoms with E-state index in [1.54, 1.807) is 17.0 Å². The maximum absolute atomic E-state index is 13.0. The summed E-state index contributed by atoms with van der Waals surface area (Å²) in [6, 6.07) is 10.1. The van der Waals surface area contributed by atoms with E-state index in [-0.39, 0.29) is 23.5 Å². The molecule has 156 valence electrons. The Morgan fingerprint density at radius 3 is 2.83 bits per heavy atom. The van der Waals surface area contributed by atoms with Gasteiger partial charge in [-0.1, -0.05) is 23.5 Å². The predicted molar refractivity (Wildman–Crippen MR) is 113 cm³/mol. The first kappa shape index (κ1) is 20.1. The van der Waals surface area contributed by atoms with Crippen LogP contribution in [0.1, 0.15) is 34.8 Å². The normalized spacial score (nSPS) is 16.3. The van der Waals surface area contributed by atoms with E-state index < -0.39 is 6.04 Å². The van der Waals surface area contributed by atoms with Crippen LogP contribution in [0.4, 0.5) is 5.69 Å². The molecule has 0 saturated carbocycles. The fraction of sp³-hybridized carbons (Fsp3) is 0.333. The number of carbonyl (C=O) groups is 2. The van der Waals surface area contributed by atoms with Crippen molar-refractivity contribution in [3.8, 4) is 16.5 Å². The molecular weight excluding hydrogens is 404 g/mol. The number of benzene rings is 1. The van der Waals surface area contributed by atoms with Crippen molar-refractivity contribution in [1.29, 1.82) is 0 Å². The molecule has 2 aromatic heterocycles. The zero-order chi connectivity index (χ0) is 21.1. The Morgan fingerprint density at radius 2 is 2.10 bits per heavy atom. The highest BCUT2D eigenvalue weighted by Crippen LogP contribution is 2.27. The number of rotatable bonds is 5. The highest BCUT2D eigenvalue weighted by atomic mass is 32.1. The molecule has 0 bridgehead atoms. The number of hydrogen-bond acceptors (Lipinski definition) is 7. The largest absolute Gasteiger partial charge is 0.468 e. The number of hydrogen-bond donors (Lipinski definition) is 1. The highest BCUT2D eigenvalue weighted by Gasteiger charge is 2.34. The Hall–Kier alpha value is -3.20. The summed E-state index contributed by atoms with van der Waals surface area (Å²) < 4.78 is 10.4. The molecular formula is C21H22N4O4S. The zero-order valence-corrected chi connectivity index (χ0v) is 17.6. The van der Waals surface area contributed by atoms with Crippen molar-refractivity contribution in [2.75, 3.05) is 19.0 Å². The summed E-state index contributed by atoms with van der Waals surface area (Å²) in [6.45, 7) is 2.40. The Kier molecular flexibility index (Phi) is 5.80. The maximum Gasteiger partial charge on any atom is 0.290 e. The summed E-state index contributed by atoms with van der Waals surface area (Å²) in [5.41, 5.74) is 1.54. The SMILES string of the molecule is COc1ccc(C(=O)N2CCCC[C@H]2C(=O)Nc2cccc(-c3nnc(C)s3)c2)o1. The summed E-state index contributed by atoms with van der Waals surface area (Å²) in [7, 11) is 1.47. The highest BCUT2D eigenvalue weighted by molar-refractivity contribution is 7.14. The number of nitrogens with zero attached hydrogens (tertiary/aromatic N) is 3. The molecule has 3 heterocycles. The van der Waals surface area contributed by atoms with Gasteiger partial charge >= 0.3 is 0 Å². The van der Waals surface area contributed by atoms with Crippen molar-refractivity contribution >= 4 is 28.8 Å². The third-order valence-electron chi connectivity index (χ3n) is 4.96. The number of piperidine rings is 1. The number of anilines is 1. The van der Waals surface area contributed by atoms with E-state index >= 15 is 0 Å². The molecule has 9 heteroatoms.